The van der Waals surface area contributed by atoms with Crippen LogP contribution in [0.1, 0.15) is 73.6 Å². The maximum Gasteiger partial charge on any atom is 0.407 e. The van der Waals surface area contributed by atoms with Crippen molar-refractivity contribution in [2.24, 2.45) is 11.8 Å². The number of ether oxygens (including phenoxy) is 1. The molecule has 1 amide bonds. The van der Waals surface area contributed by atoms with Gasteiger partial charge in [0.15, 0.2) is 0 Å². The normalized spacial score (nSPS) is 19.4. The molecule has 0 heterocycles. The van der Waals surface area contributed by atoms with Crippen molar-refractivity contribution in [1.82, 2.24) is 10.6 Å². The second-order valence-electron chi connectivity index (χ2n) is 7.85. The number of carbonyl (C=O) groups is 1. The number of alkyl carbamates (subject to hydrolysis) is 1. The second-order valence-corrected chi connectivity index (χ2v) is 7.85. The summed E-state index contributed by atoms with van der Waals surface area (Å²) in [5, 5.41) is 6.71. The Kier molecular flexibility index (Phi) is 7.67. The van der Waals surface area contributed by atoms with Gasteiger partial charge in [0.1, 0.15) is 5.60 Å². The summed E-state index contributed by atoms with van der Waals surface area (Å²) in [4.78, 5) is 11.8. The zero-order valence-corrected chi connectivity index (χ0v) is 15.4. The highest BCUT2D eigenvalue weighted by Gasteiger charge is 2.33. The molecule has 0 aromatic rings. The first-order chi connectivity index (χ1) is 10.2. The summed E-state index contributed by atoms with van der Waals surface area (Å²) >= 11 is 0. The molecule has 1 aliphatic carbocycles. The molecule has 0 aromatic heterocycles. The van der Waals surface area contributed by atoms with E-state index in [0.717, 1.165) is 12.3 Å². The second kappa shape index (κ2) is 8.76. The maximum absolute atomic E-state index is 11.8. The minimum absolute atomic E-state index is 0.310. The van der Waals surface area contributed by atoms with Crippen LogP contribution in [0.4, 0.5) is 4.79 Å². The van der Waals surface area contributed by atoms with Crippen molar-refractivity contribution in [1.29, 1.82) is 0 Å². The molecule has 0 saturated heterocycles. The van der Waals surface area contributed by atoms with E-state index in [1.165, 1.54) is 25.7 Å². The summed E-state index contributed by atoms with van der Waals surface area (Å²) in [7, 11) is 0. The first kappa shape index (κ1) is 19.3. The van der Waals surface area contributed by atoms with E-state index in [9.17, 15) is 4.79 Å². The van der Waals surface area contributed by atoms with Crippen LogP contribution < -0.4 is 10.6 Å². The van der Waals surface area contributed by atoms with E-state index in [1.807, 2.05) is 20.8 Å². The van der Waals surface area contributed by atoms with Crippen molar-refractivity contribution in [3.05, 3.63) is 0 Å². The van der Waals surface area contributed by atoms with Gasteiger partial charge in [-0.05, 0) is 58.3 Å². The van der Waals surface area contributed by atoms with Crippen molar-refractivity contribution in [2.45, 2.75) is 91.3 Å². The molecule has 130 valence electrons. The van der Waals surface area contributed by atoms with Gasteiger partial charge in [0.05, 0.1) is 0 Å². The van der Waals surface area contributed by atoms with Gasteiger partial charge < -0.3 is 15.4 Å². The minimum Gasteiger partial charge on any atom is -0.444 e. The largest absolute Gasteiger partial charge is 0.444 e. The summed E-state index contributed by atoms with van der Waals surface area (Å²) < 4.78 is 5.32. The molecule has 1 aliphatic rings. The fraction of sp³-hybridized carbons (Fsp3) is 0.944. The third-order valence-electron chi connectivity index (χ3n) is 4.38. The minimum atomic E-state index is -0.435. The van der Waals surface area contributed by atoms with Gasteiger partial charge in [-0.3, -0.25) is 0 Å². The third-order valence-corrected chi connectivity index (χ3v) is 4.38. The lowest BCUT2D eigenvalue weighted by atomic mass is 9.96. The smallest absolute Gasteiger partial charge is 0.407 e. The quantitative estimate of drug-likeness (QED) is 0.674. The number of amides is 1. The van der Waals surface area contributed by atoms with Crippen LogP contribution in [-0.4, -0.2) is 30.3 Å². The summed E-state index contributed by atoms with van der Waals surface area (Å²) in [6.45, 7) is 13.1. The molecule has 4 nitrogen and oxygen atoms in total. The Balaban J connectivity index is 2.43. The topological polar surface area (TPSA) is 50.4 Å². The molecule has 0 bridgehead atoms. The Morgan fingerprint density at radius 1 is 1.23 bits per heavy atom. The molecule has 3 unspecified atom stereocenters. The molecular weight excluding hydrogens is 276 g/mol. The van der Waals surface area contributed by atoms with Gasteiger partial charge in [-0.15, -0.1) is 0 Å². The molecule has 3 atom stereocenters. The Morgan fingerprint density at radius 2 is 1.86 bits per heavy atom. The molecule has 0 aromatic carbocycles. The average Bonchev–Trinajstić information content (AvgIpc) is 3.24. The lowest BCUT2D eigenvalue weighted by Crippen LogP contribution is -2.47. The van der Waals surface area contributed by atoms with Crippen LogP contribution in [0.2, 0.25) is 0 Å². The van der Waals surface area contributed by atoms with E-state index >= 15 is 0 Å². The Bertz CT molecular complexity index is 334. The Morgan fingerprint density at radius 3 is 2.32 bits per heavy atom. The van der Waals surface area contributed by atoms with E-state index in [4.69, 9.17) is 4.74 Å². The van der Waals surface area contributed by atoms with Crippen molar-refractivity contribution < 1.29 is 9.53 Å². The van der Waals surface area contributed by atoms with Crippen LogP contribution in [-0.2, 0) is 4.74 Å². The van der Waals surface area contributed by atoms with Crippen LogP contribution in [0.5, 0.6) is 0 Å². The zero-order chi connectivity index (χ0) is 16.8. The van der Waals surface area contributed by atoms with Crippen LogP contribution in [0.3, 0.4) is 0 Å². The van der Waals surface area contributed by atoms with Crippen LogP contribution in [0, 0.1) is 11.8 Å². The summed E-state index contributed by atoms with van der Waals surface area (Å²) in [5.41, 5.74) is -0.435. The van der Waals surface area contributed by atoms with Gasteiger partial charge >= 0.3 is 6.09 Å². The Labute approximate surface area is 136 Å². The van der Waals surface area contributed by atoms with Crippen LogP contribution in [0.25, 0.3) is 0 Å². The predicted octanol–water partition coefficient (Wildman–Crippen LogP) is 4.09. The van der Waals surface area contributed by atoms with Gasteiger partial charge in [-0.1, -0.05) is 27.2 Å². The zero-order valence-electron chi connectivity index (χ0n) is 15.4. The maximum atomic E-state index is 11.8. The van der Waals surface area contributed by atoms with E-state index < -0.39 is 5.60 Å². The van der Waals surface area contributed by atoms with E-state index in [-0.39, 0.29) is 6.09 Å². The number of nitrogens with one attached hydrogen (secondary N) is 2. The number of rotatable bonds is 9. The highest BCUT2D eigenvalue weighted by Crippen LogP contribution is 2.33. The molecule has 22 heavy (non-hydrogen) atoms. The van der Waals surface area contributed by atoms with E-state index in [1.54, 1.807) is 0 Å². The molecular formula is C18H36N2O2. The molecule has 1 saturated carbocycles. The standard InChI is InChI=1S/C18H36N2O2/c1-7-13(3)11-15(8-2)20-16(14-9-10-14)12-19-17(21)22-18(4,5)6/h13-16,20H,7-12H2,1-6H3,(H,19,21). The molecule has 0 radical (unpaired) electrons. The van der Waals surface area contributed by atoms with E-state index in [2.05, 4.69) is 31.4 Å². The van der Waals surface area contributed by atoms with Crippen molar-refractivity contribution in [3.63, 3.8) is 0 Å². The number of hydrogen-bond acceptors (Lipinski definition) is 3. The fourth-order valence-corrected chi connectivity index (χ4v) is 2.68. The monoisotopic (exact) mass is 312 g/mol. The third kappa shape index (κ3) is 8.02. The lowest BCUT2D eigenvalue weighted by Gasteiger charge is -2.28. The molecule has 2 N–H and O–H groups in total. The van der Waals surface area contributed by atoms with Gasteiger partial charge in [-0.25, -0.2) is 4.79 Å². The molecule has 1 rings (SSSR count). The molecule has 0 spiro atoms. The SMILES string of the molecule is CCC(C)CC(CC)NC(CNC(=O)OC(C)(C)C)C1CC1. The van der Waals surface area contributed by atoms with Gasteiger partial charge in [0.2, 0.25) is 0 Å². The average molecular weight is 312 g/mol. The number of carbonyl (C=O) groups excluding carboxylic acids is 1. The number of hydrogen-bond donors (Lipinski definition) is 2. The molecule has 1 fully saturated rings. The van der Waals surface area contributed by atoms with Crippen molar-refractivity contribution >= 4 is 6.09 Å². The van der Waals surface area contributed by atoms with Crippen molar-refractivity contribution in [2.75, 3.05) is 6.54 Å². The van der Waals surface area contributed by atoms with E-state index in [0.29, 0.717) is 24.5 Å². The van der Waals surface area contributed by atoms with Gasteiger partial charge in [0.25, 0.3) is 0 Å². The lowest BCUT2D eigenvalue weighted by molar-refractivity contribution is 0.0519. The first-order valence-corrected chi connectivity index (χ1v) is 8.98. The van der Waals surface area contributed by atoms with Crippen molar-refractivity contribution in [3.8, 4) is 0 Å². The molecule has 0 aliphatic heterocycles. The van der Waals surface area contributed by atoms with Crippen LogP contribution >= 0.6 is 0 Å². The summed E-state index contributed by atoms with van der Waals surface area (Å²) in [5.74, 6) is 1.46. The van der Waals surface area contributed by atoms with Crippen LogP contribution in [0.15, 0.2) is 0 Å². The summed E-state index contributed by atoms with van der Waals surface area (Å²) in [6, 6.07) is 0.919. The first-order valence-electron chi connectivity index (χ1n) is 8.98. The Hall–Kier alpha value is -0.770. The highest BCUT2D eigenvalue weighted by atomic mass is 16.6. The summed E-state index contributed by atoms with van der Waals surface area (Å²) in [6.07, 6.45) is 5.81. The predicted molar refractivity (Wildman–Crippen MR) is 92.0 cm³/mol. The fourth-order valence-electron chi connectivity index (χ4n) is 2.68. The van der Waals surface area contributed by atoms with Gasteiger partial charge in [0, 0.05) is 18.6 Å². The van der Waals surface area contributed by atoms with Gasteiger partial charge in [-0.2, -0.15) is 0 Å². The molecule has 4 heteroatoms. The highest BCUT2D eigenvalue weighted by molar-refractivity contribution is 5.67.